The molecule has 106 valence electrons. The first-order valence-electron chi connectivity index (χ1n) is 7.14. The molecule has 1 aromatic rings. The van der Waals surface area contributed by atoms with Crippen LogP contribution in [0, 0.1) is 0 Å². The third-order valence-electron chi connectivity index (χ3n) is 3.78. The average molecular weight is 264 g/mol. The van der Waals surface area contributed by atoms with Gasteiger partial charge >= 0.3 is 0 Å². The Morgan fingerprint density at radius 3 is 2.74 bits per heavy atom. The Morgan fingerprint density at radius 2 is 2.00 bits per heavy atom. The number of nitrogens with zero attached hydrogens (tertiary/aromatic N) is 1. The Morgan fingerprint density at radius 1 is 1.26 bits per heavy atom. The summed E-state index contributed by atoms with van der Waals surface area (Å²) in [5.74, 6) is 0.427. The van der Waals surface area contributed by atoms with Crippen molar-refractivity contribution in [2.75, 3.05) is 26.2 Å². The number of phenols is 2. The molecule has 1 saturated heterocycles. The number of nitrogens with one attached hydrogen (secondary N) is 1. The van der Waals surface area contributed by atoms with Gasteiger partial charge in [0.25, 0.3) is 0 Å². The van der Waals surface area contributed by atoms with Gasteiger partial charge in [0.15, 0.2) is 0 Å². The lowest BCUT2D eigenvalue weighted by Crippen LogP contribution is -2.26. The predicted molar refractivity (Wildman–Crippen MR) is 76.5 cm³/mol. The van der Waals surface area contributed by atoms with Gasteiger partial charge in [-0.1, -0.05) is 0 Å². The first-order valence-corrected chi connectivity index (χ1v) is 7.14. The minimum Gasteiger partial charge on any atom is -0.508 e. The lowest BCUT2D eigenvalue weighted by atomic mass is 10.1. The van der Waals surface area contributed by atoms with Gasteiger partial charge in [-0.15, -0.1) is 0 Å². The van der Waals surface area contributed by atoms with Crippen molar-refractivity contribution in [3.8, 4) is 11.5 Å². The van der Waals surface area contributed by atoms with Crippen LogP contribution in [-0.2, 0) is 0 Å². The van der Waals surface area contributed by atoms with Crippen LogP contribution in [0.2, 0.25) is 0 Å². The highest BCUT2D eigenvalue weighted by molar-refractivity contribution is 5.40. The molecule has 0 saturated carbocycles. The Kier molecular flexibility index (Phi) is 5.05. The molecular weight excluding hydrogens is 240 g/mol. The van der Waals surface area contributed by atoms with Crippen molar-refractivity contribution in [3.05, 3.63) is 23.8 Å². The molecule has 0 aliphatic carbocycles. The highest BCUT2D eigenvalue weighted by Crippen LogP contribution is 2.27. The first-order chi connectivity index (χ1) is 9.16. The fraction of sp³-hybridized carbons (Fsp3) is 0.600. The molecule has 4 nitrogen and oxygen atoms in total. The van der Waals surface area contributed by atoms with Gasteiger partial charge < -0.3 is 20.4 Å². The minimum absolute atomic E-state index is 0.0469. The van der Waals surface area contributed by atoms with Crippen molar-refractivity contribution < 1.29 is 10.2 Å². The van der Waals surface area contributed by atoms with Gasteiger partial charge in [0.05, 0.1) is 0 Å². The number of aromatic hydroxyl groups is 2. The highest BCUT2D eigenvalue weighted by Gasteiger charge is 2.12. The Hall–Kier alpha value is -1.26. The molecule has 1 atom stereocenters. The second-order valence-corrected chi connectivity index (χ2v) is 5.32. The Bertz CT molecular complexity index is 403. The molecule has 1 aromatic carbocycles. The predicted octanol–water partition coefficient (Wildman–Crippen LogP) is 2.23. The quantitative estimate of drug-likeness (QED) is 0.545. The van der Waals surface area contributed by atoms with Gasteiger partial charge in [0.2, 0.25) is 0 Å². The van der Waals surface area contributed by atoms with Crippen molar-refractivity contribution >= 4 is 0 Å². The normalized spacial score (nSPS) is 17.7. The molecule has 0 radical (unpaired) electrons. The Labute approximate surface area is 115 Å². The molecule has 2 rings (SSSR count). The van der Waals surface area contributed by atoms with Crippen molar-refractivity contribution in [3.63, 3.8) is 0 Å². The van der Waals surface area contributed by atoms with E-state index in [9.17, 15) is 10.2 Å². The van der Waals surface area contributed by atoms with E-state index >= 15 is 0 Å². The summed E-state index contributed by atoms with van der Waals surface area (Å²) in [6.07, 6.45) is 3.78. The standard InChI is InChI=1S/C15H24N2O2/c1-12(14-11-13(18)5-6-15(14)19)16-7-4-10-17-8-2-3-9-17/h5-6,11-12,16,18-19H,2-4,7-10H2,1H3. The second-order valence-electron chi connectivity index (χ2n) is 5.32. The second kappa shape index (κ2) is 6.78. The third-order valence-corrected chi connectivity index (χ3v) is 3.78. The van der Waals surface area contributed by atoms with E-state index in [0.29, 0.717) is 0 Å². The summed E-state index contributed by atoms with van der Waals surface area (Å²) in [5, 5.41) is 22.6. The maximum absolute atomic E-state index is 9.78. The molecule has 0 aromatic heterocycles. The maximum atomic E-state index is 9.78. The SMILES string of the molecule is CC(NCCCN1CCCC1)c1cc(O)ccc1O. The molecule has 0 amide bonds. The van der Waals surface area contributed by atoms with Crippen LogP contribution in [0.4, 0.5) is 0 Å². The number of rotatable bonds is 6. The van der Waals surface area contributed by atoms with Crippen molar-refractivity contribution in [2.24, 2.45) is 0 Å². The molecule has 1 unspecified atom stereocenters. The number of hydrogen-bond acceptors (Lipinski definition) is 4. The summed E-state index contributed by atoms with van der Waals surface area (Å²) in [6.45, 7) is 6.55. The van der Waals surface area contributed by atoms with Crippen LogP contribution in [0.15, 0.2) is 18.2 Å². The van der Waals surface area contributed by atoms with Crippen LogP contribution in [0.3, 0.4) is 0 Å². The molecular formula is C15H24N2O2. The summed E-state index contributed by atoms with van der Waals surface area (Å²) in [4.78, 5) is 2.50. The van der Waals surface area contributed by atoms with E-state index in [1.807, 2.05) is 6.92 Å². The molecule has 19 heavy (non-hydrogen) atoms. The summed E-state index contributed by atoms with van der Waals surface area (Å²) < 4.78 is 0. The molecule has 4 heteroatoms. The van der Waals surface area contributed by atoms with E-state index in [2.05, 4.69) is 10.2 Å². The largest absolute Gasteiger partial charge is 0.508 e. The van der Waals surface area contributed by atoms with Gasteiger partial charge in [0, 0.05) is 11.6 Å². The van der Waals surface area contributed by atoms with E-state index in [-0.39, 0.29) is 17.5 Å². The van der Waals surface area contributed by atoms with Crippen molar-refractivity contribution in [2.45, 2.75) is 32.2 Å². The third kappa shape index (κ3) is 4.11. The molecule has 0 bridgehead atoms. The summed E-state index contributed by atoms with van der Waals surface area (Å²) >= 11 is 0. The zero-order chi connectivity index (χ0) is 13.7. The van der Waals surface area contributed by atoms with Gasteiger partial charge in [-0.2, -0.15) is 0 Å². The summed E-state index contributed by atoms with van der Waals surface area (Å²) in [6, 6.07) is 4.70. The van der Waals surface area contributed by atoms with Crippen LogP contribution in [0.1, 0.15) is 37.8 Å². The smallest absolute Gasteiger partial charge is 0.120 e. The summed E-state index contributed by atoms with van der Waals surface area (Å²) in [7, 11) is 0. The lowest BCUT2D eigenvalue weighted by Gasteiger charge is -2.18. The molecule has 1 fully saturated rings. The number of phenolic OH excluding ortho intramolecular Hbond substituents is 2. The van der Waals surface area contributed by atoms with Crippen LogP contribution in [0.5, 0.6) is 11.5 Å². The van der Waals surface area contributed by atoms with Crippen LogP contribution >= 0.6 is 0 Å². The number of hydrogen-bond donors (Lipinski definition) is 3. The van der Waals surface area contributed by atoms with Gasteiger partial charge in [-0.05, 0) is 70.6 Å². The molecule has 1 heterocycles. The van der Waals surface area contributed by atoms with E-state index < -0.39 is 0 Å². The number of benzene rings is 1. The number of likely N-dealkylation sites (tertiary alicyclic amines) is 1. The fourth-order valence-electron chi connectivity index (χ4n) is 2.63. The van der Waals surface area contributed by atoms with Crippen LogP contribution in [-0.4, -0.2) is 41.3 Å². The Balaban J connectivity index is 1.74. The first kappa shape index (κ1) is 14.2. The molecule has 1 aliphatic rings. The zero-order valence-electron chi connectivity index (χ0n) is 11.6. The van der Waals surface area contributed by atoms with E-state index in [1.54, 1.807) is 6.07 Å². The van der Waals surface area contributed by atoms with E-state index in [0.717, 1.165) is 25.1 Å². The maximum Gasteiger partial charge on any atom is 0.120 e. The minimum atomic E-state index is 0.0469. The fourth-order valence-corrected chi connectivity index (χ4v) is 2.63. The van der Waals surface area contributed by atoms with Crippen molar-refractivity contribution in [1.29, 1.82) is 0 Å². The van der Waals surface area contributed by atoms with Crippen molar-refractivity contribution in [1.82, 2.24) is 10.2 Å². The van der Waals surface area contributed by atoms with E-state index in [1.165, 1.54) is 38.1 Å². The van der Waals surface area contributed by atoms with Gasteiger partial charge in [0.1, 0.15) is 11.5 Å². The van der Waals surface area contributed by atoms with E-state index in [4.69, 9.17) is 0 Å². The van der Waals surface area contributed by atoms with Gasteiger partial charge in [-0.25, -0.2) is 0 Å². The zero-order valence-corrected chi connectivity index (χ0v) is 11.6. The average Bonchev–Trinajstić information content (AvgIpc) is 2.90. The molecule has 3 N–H and O–H groups in total. The monoisotopic (exact) mass is 264 g/mol. The highest BCUT2D eigenvalue weighted by atomic mass is 16.3. The van der Waals surface area contributed by atoms with Gasteiger partial charge in [-0.3, -0.25) is 0 Å². The summed E-state index contributed by atoms with van der Waals surface area (Å²) in [5.41, 5.74) is 0.751. The van der Waals surface area contributed by atoms with Crippen LogP contribution in [0.25, 0.3) is 0 Å². The lowest BCUT2D eigenvalue weighted by molar-refractivity contribution is 0.328. The molecule has 1 aliphatic heterocycles. The molecule has 0 spiro atoms. The topological polar surface area (TPSA) is 55.7 Å². The van der Waals surface area contributed by atoms with Crippen LogP contribution < -0.4 is 5.32 Å².